The molecule has 0 aromatic rings. The molecule has 0 amide bonds. The molecular weight excluding hydrogens is 420 g/mol. The molecule has 0 aliphatic carbocycles. The maximum absolute atomic E-state index is 9.87. The minimum atomic E-state index is -0.231. The van der Waals surface area contributed by atoms with Gasteiger partial charge in [0.05, 0.1) is 12.2 Å². The molecule has 0 aromatic heterocycles. The Kier molecular flexibility index (Phi) is 25.8. The van der Waals surface area contributed by atoms with Gasteiger partial charge in [-0.1, -0.05) is 104 Å². The summed E-state index contributed by atoms with van der Waals surface area (Å²) in [6.07, 6.45) is 23.4. The summed E-state index contributed by atoms with van der Waals surface area (Å²) in [6.45, 7) is 14.5. The summed E-state index contributed by atoms with van der Waals surface area (Å²) in [6, 6.07) is 0. The van der Waals surface area contributed by atoms with E-state index in [1.807, 2.05) is 13.8 Å². The number of unbranched alkanes of at least 4 members (excludes halogenated alkanes) is 15. The van der Waals surface area contributed by atoms with E-state index in [4.69, 9.17) is 0 Å². The second-order valence-corrected chi connectivity index (χ2v) is 11.0. The third-order valence-electron chi connectivity index (χ3n) is 6.90. The Hall–Kier alpha value is -0.160. The van der Waals surface area contributed by atoms with Gasteiger partial charge in [-0.15, -0.1) is 0 Å². The second kappa shape index (κ2) is 25.9. The van der Waals surface area contributed by atoms with E-state index in [1.54, 1.807) is 0 Å². The lowest BCUT2D eigenvalue weighted by atomic mass is 10.1. The van der Waals surface area contributed by atoms with E-state index in [1.165, 1.54) is 116 Å². The average molecular weight is 485 g/mol. The van der Waals surface area contributed by atoms with Gasteiger partial charge in [-0.2, -0.15) is 0 Å². The van der Waals surface area contributed by atoms with E-state index >= 15 is 0 Å². The molecule has 4 nitrogen and oxygen atoms in total. The van der Waals surface area contributed by atoms with Crippen LogP contribution in [-0.4, -0.2) is 71.5 Å². The lowest BCUT2D eigenvalue weighted by Crippen LogP contribution is -2.33. The lowest BCUT2D eigenvalue weighted by Gasteiger charge is -2.25. The molecule has 0 bridgehead atoms. The summed E-state index contributed by atoms with van der Waals surface area (Å²) >= 11 is 0. The zero-order valence-corrected chi connectivity index (χ0v) is 23.9. The highest BCUT2D eigenvalue weighted by molar-refractivity contribution is 4.65. The van der Waals surface area contributed by atoms with Gasteiger partial charge >= 0.3 is 0 Å². The third-order valence-corrected chi connectivity index (χ3v) is 6.90. The Labute approximate surface area is 214 Å². The van der Waals surface area contributed by atoms with Gasteiger partial charge in [-0.3, -0.25) is 0 Å². The molecule has 0 radical (unpaired) electrons. The summed E-state index contributed by atoms with van der Waals surface area (Å²) in [7, 11) is 0. The van der Waals surface area contributed by atoms with Crippen molar-refractivity contribution < 1.29 is 10.2 Å². The number of hydrogen-bond acceptors (Lipinski definition) is 4. The van der Waals surface area contributed by atoms with Crippen molar-refractivity contribution in [3.05, 3.63) is 0 Å². The van der Waals surface area contributed by atoms with E-state index in [9.17, 15) is 10.2 Å². The summed E-state index contributed by atoms with van der Waals surface area (Å²) in [5.74, 6) is 0. The van der Waals surface area contributed by atoms with Crippen LogP contribution < -0.4 is 0 Å². The van der Waals surface area contributed by atoms with Crippen LogP contribution in [0.3, 0.4) is 0 Å². The Morgan fingerprint density at radius 1 is 0.412 bits per heavy atom. The molecule has 0 saturated heterocycles. The van der Waals surface area contributed by atoms with Crippen molar-refractivity contribution >= 4 is 0 Å². The van der Waals surface area contributed by atoms with Crippen LogP contribution in [0.15, 0.2) is 0 Å². The Balaban J connectivity index is 3.94. The van der Waals surface area contributed by atoms with E-state index in [0.29, 0.717) is 0 Å². The van der Waals surface area contributed by atoms with Crippen molar-refractivity contribution in [2.75, 3.05) is 39.3 Å². The zero-order valence-electron chi connectivity index (χ0n) is 23.9. The van der Waals surface area contributed by atoms with Gasteiger partial charge in [0.15, 0.2) is 0 Å². The highest BCUT2D eigenvalue weighted by atomic mass is 16.3. The quantitative estimate of drug-likeness (QED) is 0.119. The molecular formula is C30H64N2O2. The largest absolute Gasteiger partial charge is 0.392 e. The van der Waals surface area contributed by atoms with Gasteiger partial charge < -0.3 is 20.0 Å². The number of aliphatic hydroxyl groups is 2. The molecule has 0 aromatic carbocycles. The molecule has 2 unspecified atom stereocenters. The van der Waals surface area contributed by atoms with Crippen LogP contribution in [0.4, 0.5) is 0 Å². The first-order valence-corrected chi connectivity index (χ1v) is 15.3. The van der Waals surface area contributed by atoms with Gasteiger partial charge in [-0.05, 0) is 65.7 Å². The summed E-state index contributed by atoms with van der Waals surface area (Å²) < 4.78 is 0. The first-order valence-electron chi connectivity index (χ1n) is 15.3. The van der Waals surface area contributed by atoms with Crippen LogP contribution in [0.1, 0.15) is 143 Å². The van der Waals surface area contributed by atoms with Gasteiger partial charge in [0.1, 0.15) is 0 Å². The highest BCUT2D eigenvalue weighted by Crippen LogP contribution is 2.11. The molecule has 2 atom stereocenters. The molecule has 206 valence electrons. The predicted octanol–water partition coefficient (Wildman–Crippen LogP) is 7.41. The van der Waals surface area contributed by atoms with E-state index < -0.39 is 0 Å². The van der Waals surface area contributed by atoms with Crippen LogP contribution in [-0.2, 0) is 0 Å². The van der Waals surface area contributed by atoms with Crippen molar-refractivity contribution in [3.8, 4) is 0 Å². The zero-order chi connectivity index (χ0) is 25.3. The van der Waals surface area contributed by atoms with Gasteiger partial charge in [-0.25, -0.2) is 0 Å². The monoisotopic (exact) mass is 484 g/mol. The topological polar surface area (TPSA) is 46.9 Å². The Morgan fingerprint density at radius 3 is 0.882 bits per heavy atom. The first kappa shape index (κ1) is 33.8. The average Bonchev–Trinajstić information content (AvgIpc) is 2.78. The molecule has 2 N–H and O–H groups in total. The van der Waals surface area contributed by atoms with Crippen LogP contribution in [0.2, 0.25) is 0 Å². The first-order chi connectivity index (χ1) is 16.5. The predicted molar refractivity (Wildman–Crippen MR) is 151 cm³/mol. The van der Waals surface area contributed by atoms with Crippen molar-refractivity contribution in [1.82, 2.24) is 9.80 Å². The summed E-state index contributed by atoms with van der Waals surface area (Å²) in [5.41, 5.74) is 0. The number of nitrogens with zero attached hydrogens (tertiary/aromatic N) is 2. The third kappa shape index (κ3) is 24.9. The Morgan fingerprint density at radius 2 is 0.647 bits per heavy atom. The number of aliphatic hydroxyl groups excluding tert-OH is 2. The molecule has 0 aliphatic rings. The molecule has 0 spiro atoms. The molecule has 0 fully saturated rings. The number of hydrogen-bond donors (Lipinski definition) is 2. The fourth-order valence-corrected chi connectivity index (χ4v) is 4.95. The fourth-order valence-electron chi connectivity index (χ4n) is 4.95. The summed E-state index contributed by atoms with van der Waals surface area (Å²) in [5, 5.41) is 19.7. The SMILES string of the molecule is CCCCCCCCCN(CCCCCCN(CCCCCCCCC)CC(C)O)CC(C)O. The number of rotatable bonds is 27. The molecule has 0 rings (SSSR count). The van der Waals surface area contributed by atoms with E-state index in [-0.39, 0.29) is 12.2 Å². The second-order valence-electron chi connectivity index (χ2n) is 11.0. The van der Waals surface area contributed by atoms with Gasteiger partial charge in [0.2, 0.25) is 0 Å². The molecule has 0 aliphatic heterocycles. The maximum atomic E-state index is 9.87. The highest BCUT2D eigenvalue weighted by Gasteiger charge is 2.10. The minimum absolute atomic E-state index is 0.231. The normalized spacial score (nSPS) is 13.8. The minimum Gasteiger partial charge on any atom is -0.392 e. The van der Waals surface area contributed by atoms with Crippen molar-refractivity contribution in [2.24, 2.45) is 0 Å². The summed E-state index contributed by atoms with van der Waals surface area (Å²) in [4.78, 5) is 4.97. The van der Waals surface area contributed by atoms with Crippen molar-refractivity contribution in [1.29, 1.82) is 0 Å². The molecule has 34 heavy (non-hydrogen) atoms. The van der Waals surface area contributed by atoms with Crippen LogP contribution >= 0.6 is 0 Å². The molecule has 4 heteroatoms. The van der Waals surface area contributed by atoms with E-state index in [0.717, 1.165) is 39.3 Å². The van der Waals surface area contributed by atoms with Crippen molar-refractivity contribution in [2.45, 2.75) is 155 Å². The van der Waals surface area contributed by atoms with E-state index in [2.05, 4.69) is 23.6 Å². The van der Waals surface area contributed by atoms with Gasteiger partial charge in [0, 0.05) is 13.1 Å². The van der Waals surface area contributed by atoms with Crippen LogP contribution in [0.5, 0.6) is 0 Å². The van der Waals surface area contributed by atoms with Gasteiger partial charge in [0.25, 0.3) is 0 Å². The molecule has 0 heterocycles. The van der Waals surface area contributed by atoms with Crippen molar-refractivity contribution in [3.63, 3.8) is 0 Å². The molecule has 0 saturated carbocycles. The smallest absolute Gasteiger partial charge is 0.0639 e. The standard InChI is InChI=1S/C30H64N2O2/c1-5-7-9-11-13-15-19-23-31(27-29(3)33)25-21-17-18-22-26-32(28-30(4)34)24-20-16-14-12-10-8-6-2/h29-30,33-34H,5-28H2,1-4H3. The lowest BCUT2D eigenvalue weighted by molar-refractivity contribution is 0.121. The van der Waals surface area contributed by atoms with Crippen LogP contribution in [0, 0.1) is 0 Å². The van der Waals surface area contributed by atoms with Crippen LogP contribution in [0.25, 0.3) is 0 Å². The Bertz CT molecular complexity index is 354. The maximum Gasteiger partial charge on any atom is 0.0639 e. The fraction of sp³-hybridized carbons (Fsp3) is 1.00.